The van der Waals surface area contributed by atoms with Gasteiger partial charge in [0, 0.05) is 31.5 Å². The van der Waals surface area contributed by atoms with Gasteiger partial charge in [-0.05, 0) is 30.3 Å². The molecule has 1 unspecified atom stereocenters. The Bertz CT molecular complexity index is 539. The molecule has 4 heteroatoms. The van der Waals surface area contributed by atoms with Gasteiger partial charge in [0.2, 0.25) is 0 Å². The zero-order valence-electron chi connectivity index (χ0n) is 10.6. The quantitative estimate of drug-likeness (QED) is 0.840. The Morgan fingerprint density at radius 3 is 3.11 bits per heavy atom. The van der Waals surface area contributed by atoms with E-state index >= 15 is 0 Å². The van der Waals surface area contributed by atoms with E-state index in [2.05, 4.69) is 5.32 Å². The SMILES string of the molecule is Fc1ccc2c(c1)CC(CNCCc1ccco1)O2. The van der Waals surface area contributed by atoms with Crippen molar-refractivity contribution in [1.82, 2.24) is 5.32 Å². The van der Waals surface area contributed by atoms with Gasteiger partial charge in [-0.3, -0.25) is 0 Å². The van der Waals surface area contributed by atoms with Crippen molar-refractivity contribution >= 4 is 0 Å². The van der Waals surface area contributed by atoms with Gasteiger partial charge in [0.1, 0.15) is 23.4 Å². The van der Waals surface area contributed by atoms with E-state index in [1.807, 2.05) is 12.1 Å². The van der Waals surface area contributed by atoms with Crippen molar-refractivity contribution in [3.63, 3.8) is 0 Å². The molecule has 0 saturated heterocycles. The van der Waals surface area contributed by atoms with Crippen LogP contribution in [0.5, 0.6) is 5.75 Å². The normalized spacial score (nSPS) is 17.2. The standard InChI is InChI=1S/C15H16FNO2/c16-12-3-4-15-11(8-12)9-14(19-15)10-17-6-5-13-2-1-7-18-13/h1-4,7-8,14,17H,5-6,9-10H2. The van der Waals surface area contributed by atoms with E-state index in [1.54, 1.807) is 18.4 Å². The van der Waals surface area contributed by atoms with Crippen molar-refractivity contribution in [2.75, 3.05) is 13.1 Å². The molecule has 0 spiro atoms. The maximum atomic E-state index is 13.1. The first-order valence-corrected chi connectivity index (χ1v) is 6.49. The molecule has 3 rings (SSSR count). The minimum Gasteiger partial charge on any atom is -0.488 e. The fourth-order valence-electron chi connectivity index (χ4n) is 2.33. The minimum atomic E-state index is -0.200. The molecule has 0 saturated carbocycles. The van der Waals surface area contributed by atoms with Crippen LogP contribution in [0.4, 0.5) is 4.39 Å². The number of furan rings is 1. The molecule has 3 nitrogen and oxygen atoms in total. The average Bonchev–Trinajstić information content (AvgIpc) is 3.02. The third-order valence-corrected chi connectivity index (χ3v) is 3.26. The van der Waals surface area contributed by atoms with Crippen LogP contribution in [0.15, 0.2) is 41.0 Å². The smallest absolute Gasteiger partial charge is 0.123 e. The summed E-state index contributed by atoms with van der Waals surface area (Å²) >= 11 is 0. The molecule has 1 N–H and O–H groups in total. The molecule has 19 heavy (non-hydrogen) atoms. The molecule has 1 atom stereocenters. The van der Waals surface area contributed by atoms with Crippen LogP contribution in [-0.4, -0.2) is 19.2 Å². The van der Waals surface area contributed by atoms with E-state index in [0.29, 0.717) is 0 Å². The molecule has 1 aliphatic heterocycles. The molecular formula is C15H16FNO2. The Balaban J connectivity index is 1.43. The molecule has 0 fully saturated rings. The van der Waals surface area contributed by atoms with Gasteiger partial charge in [0.15, 0.2) is 0 Å². The summed E-state index contributed by atoms with van der Waals surface area (Å²) in [5, 5.41) is 3.34. The predicted octanol–water partition coefficient (Wildman–Crippen LogP) is 2.55. The van der Waals surface area contributed by atoms with E-state index in [1.165, 1.54) is 6.07 Å². The topological polar surface area (TPSA) is 34.4 Å². The van der Waals surface area contributed by atoms with Gasteiger partial charge in [-0.25, -0.2) is 4.39 Å². The number of nitrogens with one attached hydrogen (secondary N) is 1. The van der Waals surface area contributed by atoms with Crippen molar-refractivity contribution in [1.29, 1.82) is 0 Å². The van der Waals surface area contributed by atoms with Gasteiger partial charge in [-0.1, -0.05) is 0 Å². The van der Waals surface area contributed by atoms with Gasteiger partial charge in [0.05, 0.1) is 6.26 Å². The third-order valence-electron chi connectivity index (χ3n) is 3.26. The summed E-state index contributed by atoms with van der Waals surface area (Å²) in [6.07, 6.45) is 3.40. The van der Waals surface area contributed by atoms with Crippen molar-refractivity contribution in [3.8, 4) is 5.75 Å². The van der Waals surface area contributed by atoms with Gasteiger partial charge in [-0.15, -0.1) is 0 Å². The second-order valence-electron chi connectivity index (χ2n) is 4.73. The van der Waals surface area contributed by atoms with E-state index in [0.717, 1.165) is 43.0 Å². The van der Waals surface area contributed by atoms with Crippen molar-refractivity contribution < 1.29 is 13.5 Å². The zero-order valence-corrected chi connectivity index (χ0v) is 10.6. The average molecular weight is 261 g/mol. The molecular weight excluding hydrogens is 245 g/mol. The number of fused-ring (bicyclic) bond motifs is 1. The molecule has 1 aromatic heterocycles. The summed E-state index contributed by atoms with van der Waals surface area (Å²) in [6.45, 7) is 1.61. The van der Waals surface area contributed by atoms with Crippen molar-refractivity contribution in [2.24, 2.45) is 0 Å². The summed E-state index contributed by atoms with van der Waals surface area (Å²) < 4.78 is 24.1. The molecule has 0 aliphatic carbocycles. The highest BCUT2D eigenvalue weighted by molar-refractivity contribution is 5.37. The van der Waals surface area contributed by atoms with Crippen molar-refractivity contribution in [2.45, 2.75) is 18.9 Å². The van der Waals surface area contributed by atoms with Gasteiger partial charge >= 0.3 is 0 Å². The first-order chi connectivity index (χ1) is 9.31. The highest BCUT2D eigenvalue weighted by atomic mass is 19.1. The number of hydrogen-bond acceptors (Lipinski definition) is 3. The Morgan fingerprint density at radius 1 is 1.32 bits per heavy atom. The Kier molecular flexibility index (Phi) is 3.51. The lowest BCUT2D eigenvalue weighted by atomic mass is 10.1. The number of ether oxygens (including phenoxy) is 1. The predicted molar refractivity (Wildman–Crippen MR) is 69.8 cm³/mol. The van der Waals surface area contributed by atoms with Crippen LogP contribution in [0.1, 0.15) is 11.3 Å². The van der Waals surface area contributed by atoms with Crippen LogP contribution in [-0.2, 0) is 12.8 Å². The van der Waals surface area contributed by atoms with Crippen LogP contribution in [0.25, 0.3) is 0 Å². The third kappa shape index (κ3) is 2.96. The maximum absolute atomic E-state index is 13.1. The summed E-state index contributed by atoms with van der Waals surface area (Å²) in [5.41, 5.74) is 0.956. The molecule has 0 bridgehead atoms. The number of rotatable bonds is 5. The monoisotopic (exact) mass is 261 g/mol. The van der Waals surface area contributed by atoms with Crippen LogP contribution in [0.3, 0.4) is 0 Å². The Labute approximate surface area is 111 Å². The van der Waals surface area contributed by atoms with Crippen LogP contribution in [0.2, 0.25) is 0 Å². The number of halogens is 1. The maximum Gasteiger partial charge on any atom is 0.123 e. The fourth-order valence-corrected chi connectivity index (χ4v) is 2.33. The van der Waals surface area contributed by atoms with Crippen LogP contribution >= 0.6 is 0 Å². The second-order valence-corrected chi connectivity index (χ2v) is 4.73. The summed E-state index contributed by atoms with van der Waals surface area (Å²) in [5.74, 6) is 1.58. The highest BCUT2D eigenvalue weighted by Gasteiger charge is 2.22. The second kappa shape index (κ2) is 5.45. The molecule has 1 aromatic carbocycles. The van der Waals surface area contributed by atoms with Crippen LogP contribution in [0, 0.1) is 5.82 Å². The number of hydrogen-bond donors (Lipinski definition) is 1. The molecule has 2 heterocycles. The summed E-state index contributed by atoms with van der Waals surface area (Å²) in [4.78, 5) is 0. The first-order valence-electron chi connectivity index (χ1n) is 6.49. The summed E-state index contributed by atoms with van der Waals surface area (Å²) in [6, 6.07) is 8.55. The lowest BCUT2D eigenvalue weighted by Crippen LogP contribution is -2.31. The Morgan fingerprint density at radius 2 is 2.26 bits per heavy atom. The lowest BCUT2D eigenvalue weighted by molar-refractivity contribution is 0.227. The van der Waals surface area contributed by atoms with E-state index < -0.39 is 0 Å². The molecule has 2 aromatic rings. The fraction of sp³-hybridized carbons (Fsp3) is 0.333. The highest BCUT2D eigenvalue weighted by Crippen LogP contribution is 2.28. The number of benzene rings is 1. The molecule has 0 amide bonds. The van der Waals surface area contributed by atoms with E-state index in [9.17, 15) is 4.39 Å². The lowest BCUT2D eigenvalue weighted by Gasteiger charge is -2.11. The first kappa shape index (κ1) is 12.2. The van der Waals surface area contributed by atoms with Gasteiger partial charge in [0.25, 0.3) is 0 Å². The molecule has 0 radical (unpaired) electrons. The molecule has 1 aliphatic rings. The largest absolute Gasteiger partial charge is 0.488 e. The zero-order chi connectivity index (χ0) is 13.1. The van der Waals surface area contributed by atoms with Crippen LogP contribution < -0.4 is 10.1 Å². The van der Waals surface area contributed by atoms with E-state index in [4.69, 9.17) is 9.15 Å². The minimum absolute atomic E-state index is 0.0911. The Hall–Kier alpha value is -1.81. The van der Waals surface area contributed by atoms with Gasteiger partial charge in [-0.2, -0.15) is 0 Å². The summed E-state index contributed by atoms with van der Waals surface area (Å²) in [7, 11) is 0. The van der Waals surface area contributed by atoms with Gasteiger partial charge < -0.3 is 14.5 Å². The van der Waals surface area contributed by atoms with E-state index in [-0.39, 0.29) is 11.9 Å². The van der Waals surface area contributed by atoms with Crippen molar-refractivity contribution in [3.05, 3.63) is 53.7 Å². The molecule has 100 valence electrons.